The monoisotopic (exact) mass is 511 g/mol. The molecule has 37 heavy (non-hydrogen) atoms. The molecule has 9 heteroatoms. The summed E-state index contributed by atoms with van der Waals surface area (Å²) < 4.78 is 0. The van der Waals surface area contributed by atoms with Crippen LogP contribution in [0.2, 0.25) is 0 Å². The van der Waals surface area contributed by atoms with Gasteiger partial charge >= 0.3 is 0 Å². The Bertz CT molecular complexity index is 954. The van der Waals surface area contributed by atoms with Crippen molar-refractivity contribution in [2.24, 2.45) is 17.3 Å². The fourth-order valence-electron chi connectivity index (χ4n) is 5.34. The van der Waals surface area contributed by atoms with Crippen molar-refractivity contribution < 1.29 is 19.6 Å². The third-order valence-corrected chi connectivity index (χ3v) is 7.57. The van der Waals surface area contributed by atoms with Crippen molar-refractivity contribution in [3.05, 3.63) is 35.4 Å². The maximum absolute atomic E-state index is 13.6. The van der Waals surface area contributed by atoms with Crippen molar-refractivity contribution >= 4 is 18.2 Å². The Morgan fingerprint density at radius 3 is 2.32 bits per heavy atom. The van der Waals surface area contributed by atoms with Crippen LogP contribution >= 0.6 is 0 Å². The van der Waals surface area contributed by atoms with Gasteiger partial charge in [-0.3, -0.25) is 24.5 Å². The fraction of sp³-hybridized carbons (Fsp3) is 0.643. The van der Waals surface area contributed by atoms with Gasteiger partial charge in [-0.15, -0.1) is 0 Å². The molecule has 0 bridgehead atoms. The number of rotatable bonds is 10. The first-order chi connectivity index (χ1) is 17.6. The van der Waals surface area contributed by atoms with Crippen LogP contribution in [-0.2, 0) is 20.9 Å². The number of carbonyl (C=O) groups is 3. The molecule has 1 aliphatic heterocycles. The number of hydrogen-bond acceptors (Lipinski definition) is 6. The van der Waals surface area contributed by atoms with E-state index in [0.717, 1.165) is 50.9 Å². The topological polar surface area (TPSA) is 117 Å². The Morgan fingerprint density at radius 1 is 1.16 bits per heavy atom. The van der Waals surface area contributed by atoms with E-state index in [0.29, 0.717) is 42.5 Å². The number of amides is 3. The molecule has 2 aliphatic rings. The maximum Gasteiger partial charge on any atom is 0.245 e. The van der Waals surface area contributed by atoms with Gasteiger partial charge in [-0.2, -0.15) is 5.26 Å². The lowest BCUT2D eigenvalue weighted by atomic mass is 9.84. The highest BCUT2D eigenvalue weighted by molar-refractivity contribution is 5.89. The Labute approximate surface area is 220 Å². The van der Waals surface area contributed by atoms with Gasteiger partial charge in [-0.05, 0) is 35.4 Å². The normalized spacial score (nSPS) is 18.6. The van der Waals surface area contributed by atoms with E-state index in [1.807, 2.05) is 49.9 Å². The van der Waals surface area contributed by atoms with Gasteiger partial charge < -0.3 is 10.2 Å². The van der Waals surface area contributed by atoms with Crippen molar-refractivity contribution in [1.29, 1.82) is 5.26 Å². The summed E-state index contributed by atoms with van der Waals surface area (Å²) in [6, 6.07) is 8.97. The highest BCUT2D eigenvalue weighted by Crippen LogP contribution is 2.31. The molecule has 3 amide bonds. The summed E-state index contributed by atoms with van der Waals surface area (Å²) >= 11 is 0. The smallest absolute Gasteiger partial charge is 0.245 e. The summed E-state index contributed by atoms with van der Waals surface area (Å²) in [5.41, 5.74) is 1.26. The Hall–Kier alpha value is -2.96. The van der Waals surface area contributed by atoms with Gasteiger partial charge in [0.25, 0.3) is 0 Å². The fourth-order valence-corrected chi connectivity index (χ4v) is 5.34. The maximum atomic E-state index is 13.6. The first kappa shape index (κ1) is 28.6. The van der Waals surface area contributed by atoms with Crippen LogP contribution in [-0.4, -0.2) is 77.1 Å². The molecule has 2 N–H and O–H groups in total. The number of nitrogens with one attached hydrogen (secondary N) is 1. The van der Waals surface area contributed by atoms with Crippen LogP contribution in [0.4, 0.5) is 0 Å². The van der Waals surface area contributed by atoms with Crippen molar-refractivity contribution in [3.63, 3.8) is 0 Å². The Kier molecular flexibility index (Phi) is 10.1. The molecule has 0 spiro atoms. The summed E-state index contributed by atoms with van der Waals surface area (Å²) in [5.74, 6) is -0.570. The quantitative estimate of drug-likeness (QED) is 0.283. The van der Waals surface area contributed by atoms with Crippen LogP contribution in [0.15, 0.2) is 24.3 Å². The molecule has 0 unspecified atom stereocenters. The van der Waals surface area contributed by atoms with E-state index in [2.05, 4.69) is 16.3 Å². The summed E-state index contributed by atoms with van der Waals surface area (Å²) in [5, 5.41) is 22.3. The van der Waals surface area contributed by atoms with E-state index in [1.54, 1.807) is 0 Å². The zero-order chi connectivity index (χ0) is 27.0. The first-order valence-corrected chi connectivity index (χ1v) is 13.3. The number of carbonyl (C=O) groups excluding carboxylic acids is 3. The summed E-state index contributed by atoms with van der Waals surface area (Å²) in [4.78, 5) is 42.1. The van der Waals surface area contributed by atoms with Crippen LogP contribution in [0, 0.1) is 28.6 Å². The van der Waals surface area contributed by atoms with Gasteiger partial charge in [0.05, 0.1) is 24.1 Å². The highest BCUT2D eigenvalue weighted by Gasteiger charge is 2.38. The largest absolute Gasteiger partial charge is 0.344 e. The predicted molar refractivity (Wildman–Crippen MR) is 139 cm³/mol. The number of nitrogens with zero attached hydrogens (tertiary/aromatic N) is 4. The SMILES string of the molecule is CC(C)(C)[C@H](NC(=O)[C@H](CC1CCCC1)CN(O)C=O)C(=O)N1CCN(Cc2ccc(C#N)cc2)CC1. The predicted octanol–water partition coefficient (Wildman–Crippen LogP) is 2.78. The second-order valence-electron chi connectivity index (χ2n) is 11.5. The lowest BCUT2D eigenvalue weighted by Crippen LogP contribution is -2.59. The third-order valence-electron chi connectivity index (χ3n) is 7.57. The Balaban J connectivity index is 1.61. The molecule has 2 fully saturated rings. The van der Waals surface area contributed by atoms with Crippen LogP contribution in [0.5, 0.6) is 0 Å². The minimum atomic E-state index is -0.709. The van der Waals surface area contributed by atoms with Gasteiger partial charge in [-0.25, -0.2) is 5.06 Å². The van der Waals surface area contributed by atoms with Crippen molar-refractivity contribution in [3.8, 4) is 6.07 Å². The van der Waals surface area contributed by atoms with Crippen LogP contribution in [0.1, 0.15) is 64.0 Å². The molecule has 9 nitrogen and oxygen atoms in total. The van der Waals surface area contributed by atoms with Crippen LogP contribution in [0.25, 0.3) is 0 Å². The number of nitriles is 1. The summed E-state index contributed by atoms with van der Waals surface area (Å²) in [6.45, 7) is 9.07. The third kappa shape index (κ3) is 8.27. The average molecular weight is 512 g/mol. The summed E-state index contributed by atoms with van der Waals surface area (Å²) in [7, 11) is 0. The highest BCUT2D eigenvalue weighted by atomic mass is 16.5. The molecule has 1 aromatic carbocycles. The molecule has 0 aromatic heterocycles. The van der Waals surface area contributed by atoms with Crippen LogP contribution in [0.3, 0.4) is 0 Å². The van der Waals surface area contributed by atoms with Gasteiger partial charge in [0.1, 0.15) is 6.04 Å². The summed E-state index contributed by atoms with van der Waals surface area (Å²) in [6.07, 6.45) is 5.27. The second kappa shape index (κ2) is 13.0. The molecule has 1 saturated heterocycles. The molecule has 1 aromatic rings. The minimum absolute atomic E-state index is 0.0785. The standard InChI is InChI=1S/C28H41N5O4/c1-28(2,3)25(30-26(35)24(19-33(37)20-34)16-21-6-4-5-7-21)27(36)32-14-12-31(13-15-32)18-23-10-8-22(17-29)9-11-23/h8-11,20-21,24-25,37H,4-7,12-16,18-19H2,1-3H3,(H,30,35)/t24-,25-/m1/s1. The van der Waals surface area contributed by atoms with E-state index in [9.17, 15) is 19.6 Å². The van der Waals surface area contributed by atoms with Crippen LogP contribution < -0.4 is 5.32 Å². The van der Waals surface area contributed by atoms with Crippen molar-refractivity contribution in [2.45, 2.75) is 65.5 Å². The Morgan fingerprint density at radius 2 is 1.78 bits per heavy atom. The molecule has 1 aliphatic carbocycles. The number of benzene rings is 1. The zero-order valence-corrected chi connectivity index (χ0v) is 22.4. The van der Waals surface area contributed by atoms with E-state index >= 15 is 0 Å². The van der Waals surface area contributed by atoms with Crippen molar-refractivity contribution in [2.75, 3.05) is 32.7 Å². The van der Waals surface area contributed by atoms with E-state index in [4.69, 9.17) is 5.26 Å². The second-order valence-corrected chi connectivity index (χ2v) is 11.5. The average Bonchev–Trinajstić information content (AvgIpc) is 3.39. The molecular formula is C28H41N5O4. The molecule has 3 rings (SSSR count). The van der Waals surface area contributed by atoms with Gasteiger partial charge in [0, 0.05) is 32.7 Å². The van der Waals surface area contributed by atoms with Gasteiger partial charge in [0.2, 0.25) is 18.2 Å². The molecule has 202 valence electrons. The lowest BCUT2D eigenvalue weighted by molar-refractivity contribution is -0.156. The van der Waals surface area contributed by atoms with E-state index in [-0.39, 0.29) is 18.4 Å². The first-order valence-electron chi connectivity index (χ1n) is 13.3. The lowest BCUT2D eigenvalue weighted by Gasteiger charge is -2.40. The van der Waals surface area contributed by atoms with Gasteiger partial charge in [0.15, 0.2) is 0 Å². The molecular weight excluding hydrogens is 470 g/mol. The van der Waals surface area contributed by atoms with Gasteiger partial charge in [-0.1, -0.05) is 58.6 Å². The van der Waals surface area contributed by atoms with E-state index < -0.39 is 17.4 Å². The van der Waals surface area contributed by atoms with Crippen molar-refractivity contribution in [1.82, 2.24) is 20.2 Å². The number of hydroxylamine groups is 2. The molecule has 0 radical (unpaired) electrons. The minimum Gasteiger partial charge on any atom is -0.344 e. The molecule has 1 heterocycles. The van der Waals surface area contributed by atoms with E-state index in [1.165, 1.54) is 0 Å². The zero-order valence-electron chi connectivity index (χ0n) is 22.4. The molecule has 1 saturated carbocycles. The number of piperazine rings is 1. The molecule has 2 atom stereocenters. The number of hydrogen-bond donors (Lipinski definition) is 2.